The van der Waals surface area contributed by atoms with Crippen molar-refractivity contribution in [3.8, 4) is 0 Å². The van der Waals surface area contributed by atoms with E-state index in [0.717, 1.165) is 25.3 Å². The Balaban J connectivity index is 1.80. The molecule has 3 heteroatoms. The lowest BCUT2D eigenvalue weighted by Gasteiger charge is -2.40. The summed E-state index contributed by atoms with van der Waals surface area (Å²) in [6.07, 6.45) is 6.84. The van der Waals surface area contributed by atoms with Gasteiger partial charge in [0.15, 0.2) is 0 Å². The summed E-state index contributed by atoms with van der Waals surface area (Å²) in [4.78, 5) is 8.21. The van der Waals surface area contributed by atoms with Gasteiger partial charge in [-0.2, -0.15) is 0 Å². The van der Waals surface area contributed by atoms with Crippen LogP contribution in [0.3, 0.4) is 0 Å². The molecule has 0 saturated heterocycles. The summed E-state index contributed by atoms with van der Waals surface area (Å²) in [7, 11) is 0. The molecule has 3 rings (SSSR count). The normalized spacial score (nSPS) is 16.9. The standard InChI is InChI=1S/C17H23N3/c1-2-11-18-12-15-13-19-16(20-15)17(9-6-10-17)14-7-4-3-5-8-14/h3-5,7-8,13,18H,2,6,9-12H2,1H3,(H,19,20). The lowest BCUT2D eigenvalue weighted by atomic mass is 9.64. The van der Waals surface area contributed by atoms with Crippen LogP contribution in [-0.4, -0.2) is 16.5 Å². The van der Waals surface area contributed by atoms with Gasteiger partial charge in [0.25, 0.3) is 0 Å². The quantitative estimate of drug-likeness (QED) is 0.789. The van der Waals surface area contributed by atoms with E-state index in [-0.39, 0.29) is 5.41 Å². The number of rotatable bonds is 6. The predicted molar refractivity (Wildman–Crippen MR) is 81.7 cm³/mol. The highest BCUT2D eigenvalue weighted by molar-refractivity contribution is 5.36. The molecule has 1 aromatic carbocycles. The average molecular weight is 269 g/mol. The number of aromatic amines is 1. The van der Waals surface area contributed by atoms with Gasteiger partial charge in [-0.15, -0.1) is 0 Å². The summed E-state index contributed by atoms with van der Waals surface area (Å²) in [6, 6.07) is 10.8. The van der Waals surface area contributed by atoms with Crippen LogP contribution >= 0.6 is 0 Å². The van der Waals surface area contributed by atoms with E-state index in [9.17, 15) is 0 Å². The first-order valence-corrected chi connectivity index (χ1v) is 7.66. The fourth-order valence-electron chi connectivity index (χ4n) is 3.04. The largest absolute Gasteiger partial charge is 0.344 e. The van der Waals surface area contributed by atoms with Crippen molar-refractivity contribution in [1.29, 1.82) is 0 Å². The molecule has 20 heavy (non-hydrogen) atoms. The summed E-state index contributed by atoms with van der Waals surface area (Å²) >= 11 is 0. The van der Waals surface area contributed by atoms with Crippen LogP contribution in [0.25, 0.3) is 0 Å². The summed E-state index contributed by atoms with van der Waals surface area (Å²) in [5.74, 6) is 1.14. The van der Waals surface area contributed by atoms with E-state index in [2.05, 4.69) is 52.5 Å². The van der Waals surface area contributed by atoms with E-state index in [1.54, 1.807) is 0 Å². The van der Waals surface area contributed by atoms with Crippen molar-refractivity contribution in [2.45, 2.75) is 44.6 Å². The van der Waals surface area contributed by atoms with Gasteiger partial charge >= 0.3 is 0 Å². The van der Waals surface area contributed by atoms with Crippen molar-refractivity contribution in [2.75, 3.05) is 6.54 Å². The maximum Gasteiger partial charge on any atom is 0.116 e. The molecule has 0 atom stereocenters. The van der Waals surface area contributed by atoms with E-state index in [0.29, 0.717) is 0 Å². The molecule has 1 saturated carbocycles. The second-order valence-corrected chi connectivity index (χ2v) is 5.74. The molecule has 0 spiro atoms. The van der Waals surface area contributed by atoms with Crippen LogP contribution in [-0.2, 0) is 12.0 Å². The van der Waals surface area contributed by atoms with Crippen LogP contribution < -0.4 is 5.32 Å². The number of hydrogen-bond donors (Lipinski definition) is 2. The number of hydrogen-bond acceptors (Lipinski definition) is 2. The molecule has 2 N–H and O–H groups in total. The molecule has 1 heterocycles. The minimum Gasteiger partial charge on any atom is -0.344 e. The van der Waals surface area contributed by atoms with Crippen LogP contribution in [0.1, 0.15) is 49.7 Å². The molecule has 0 radical (unpaired) electrons. The number of benzene rings is 1. The molecule has 0 unspecified atom stereocenters. The van der Waals surface area contributed by atoms with Crippen molar-refractivity contribution >= 4 is 0 Å². The minimum absolute atomic E-state index is 0.129. The van der Waals surface area contributed by atoms with Gasteiger partial charge in [-0.25, -0.2) is 4.98 Å². The Morgan fingerprint density at radius 1 is 1.25 bits per heavy atom. The van der Waals surface area contributed by atoms with Gasteiger partial charge in [0.05, 0.1) is 5.41 Å². The summed E-state index contributed by atoms with van der Waals surface area (Å²) in [5.41, 5.74) is 2.72. The Bertz CT molecular complexity index is 540. The zero-order valence-corrected chi connectivity index (χ0v) is 12.2. The fourth-order valence-corrected chi connectivity index (χ4v) is 3.04. The van der Waals surface area contributed by atoms with Crippen LogP contribution in [0.15, 0.2) is 36.5 Å². The van der Waals surface area contributed by atoms with E-state index < -0.39 is 0 Å². The van der Waals surface area contributed by atoms with Crippen molar-refractivity contribution in [2.24, 2.45) is 0 Å². The molecular weight excluding hydrogens is 246 g/mol. The molecule has 1 aliphatic rings. The number of aromatic nitrogens is 2. The molecule has 0 aliphatic heterocycles. The molecule has 1 aromatic heterocycles. The molecular formula is C17H23N3. The first-order valence-electron chi connectivity index (χ1n) is 7.66. The van der Waals surface area contributed by atoms with E-state index in [1.807, 2.05) is 6.20 Å². The lowest BCUT2D eigenvalue weighted by Crippen LogP contribution is -2.36. The van der Waals surface area contributed by atoms with E-state index in [1.165, 1.54) is 30.5 Å². The van der Waals surface area contributed by atoms with Gasteiger partial charge < -0.3 is 10.3 Å². The van der Waals surface area contributed by atoms with Gasteiger partial charge in [-0.3, -0.25) is 0 Å². The molecule has 3 nitrogen and oxygen atoms in total. The minimum atomic E-state index is 0.129. The second-order valence-electron chi connectivity index (χ2n) is 5.74. The molecule has 1 fully saturated rings. The maximum absolute atomic E-state index is 4.67. The third-order valence-corrected chi connectivity index (χ3v) is 4.36. The SMILES string of the molecule is CCCNCc1cnc(C2(c3ccccc3)CCC2)[nH]1. The highest BCUT2D eigenvalue weighted by Gasteiger charge is 2.42. The first-order chi connectivity index (χ1) is 9.85. The molecule has 0 amide bonds. The lowest BCUT2D eigenvalue weighted by molar-refractivity contribution is 0.286. The summed E-state index contributed by atoms with van der Waals surface area (Å²) in [5, 5.41) is 3.42. The molecule has 106 valence electrons. The van der Waals surface area contributed by atoms with E-state index >= 15 is 0 Å². The van der Waals surface area contributed by atoms with Crippen molar-refractivity contribution in [3.05, 3.63) is 53.6 Å². The van der Waals surface area contributed by atoms with Gasteiger partial charge in [0.1, 0.15) is 5.82 Å². The number of nitrogens with one attached hydrogen (secondary N) is 2. The van der Waals surface area contributed by atoms with Gasteiger partial charge in [-0.1, -0.05) is 43.7 Å². The number of imidazole rings is 1. The Kier molecular flexibility index (Phi) is 3.88. The van der Waals surface area contributed by atoms with Crippen molar-refractivity contribution < 1.29 is 0 Å². The predicted octanol–water partition coefficient (Wildman–Crippen LogP) is 3.38. The van der Waals surface area contributed by atoms with Crippen LogP contribution in [0.2, 0.25) is 0 Å². The number of H-pyrrole nitrogens is 1. The third kappa shape index (κ3) is 2.38. The Hall–Kier alpha value is -1.61. The molecule has 2 aromatic rings. The zero-order chi connectivity index (χ0) is 13.8. The van der Waals surface area contributed by atoms with Crippen LogP contribution in [0.4, 0.5) is 0 Å². The molecule has 1 aliphatic carbocycles. The number of nitrogens with zero attached hydrogens (tertiary/aromatic N) is 1. The highest BCUT2D eigenvalue weighted by Crippen LogP contribution is 2.47. The van der Waals surface area contributed by atoms with Crippen LogP contribution in [0, 0.1) is 0 Å². The Morgan fingerprint density at radius 2 is 2.05 bits per heavy atom. The second kappa shape index (κ2) is 5.80. The molecule has 0 bridgehead atoms. The van der Waals surface area contributed by atoms with Crippen molar-refractivity contribution in [1.82, 2.24) is 15.3 Å². The Labute approximate surface area is 120 Å². The third-order valence-electron chi connectivity index (χ3n) is 4.36. The first kappa shape index (κ1) is 13.4. The Morgan fingerprint density at radius 3 is 2.70 bits per heavy atom. The van der Waals surface area contributed by atoms with Crippen LogP contribution in [0.5, 0.6) is 0 Å². The summed E-state index contributed by atoms with van der Waals surface area (Å²) < 4.78 is 0. The van der Waals surface area contributed by atoms with Crippen molar-refractivity contribution in [3.63, 3.8) is 0 Å². The highest BCUT2D eigenvalue weighted by atomic mass is 15.0. The van der Waals surface area contributed by atoms with E-state index in [4.69, 9.17) is 0 Å². The zero-order valence-electron chi connectivity index (χ0n) is 12.2. The maximum atomic E-state index is 4.67. The average Bonchev–Trinajstić information content (AvgIpc) is 2.88. The van der Waals surface area contributed by atoms with Gasteiger partial charge in [0, 0.05) is 18.4 Å². The topological polar surface area (TPSA) is 40.7 Å². The monoisotopic (exact) mass is 269 g/mol. The smallest absolute Gasteiger partial charge is 0.116 e. The fraction of sp³-hybridized carbons (Fsp3) is 0.471. The van der Waals surface area contributed by atoms with Gasteiger partial charge in [0.2, 0.25) is 0 Å². The summed E-state index contributed by atoms with van der Waals surface area (Å²) in [6.45, 7) is 4.12. The van der Waals surface area contributed by atoms with Gasteiger partial charge in [-0.05, 0) is 31.4 Å².